The van der Waals surface area contributed by atoms with Gasteiger partial charge in [0.2, 0.25) is 15.9 Å². The Bertz CT molecular complexity index is 765. The van der Waals surface area contributed by atoms with Gasteiger partial charge in [-0.25, -0.2) is 8.42 Å². The number of nitrogens with zero attached hydrogens (tertiary/aromatic N) is 2. The van der Waals surface area contributed by atoms with Gasteiger partial charge in [0, 0.05) is 32.2 Å². The Hall–Kier alpha value is -2.04. The average Bonchev–Trinajstić information content (AvgIpc) is 2.59. The molecule has 1 aromatic rings. The lowest BCUT2D eigenvalue weighted by Crippen LogP contribution is -2.46. The van der Waals surface area contributed by atoms with Crippen molar-refractivity contribution >= 4 is 21.6 Å². The molecule has 0 aromatic heterocycles. The number of nitro groups is 1. The van der Waals surface area contributed by atoms with Crippen LogP contribution >= 0.6 is 0 Å². The van der Waals surface area contributed by atoms with E-state index in [2.05, 4.69) is 5.32 Å². The number of aryl methyl sites for hydroxylation is 1. The summed E-state index contributed by atoms with van der Waals surface area (Å²) in [5.74, 6) is -0.734. The van der Waals surface area contributed by atoms with E-state index in [0.717, 1.165) is 0 Å². The summed E-state index contributed by atoms with van der Waals surface area (Å²) in [6.45, 7) is 2.38. The molecule has 1 fully saturated rings. The van der Waals surface area contributed by atoms with Crippen LogP contribution in [0.5, 0.6) is 0 Å². The van der Waals surface area contributed by atoms with Crippen molar-refractivity contribution in [2.45, 2.75) is 24.7 Å². The zero-order chi connectivity index (χ0) is 18.6. The second kappa shape index (κ2) is 7.89. The van der Waals surface area contributed by atoms with Gasteiger partial charge >= 0.3 is 0 Å². The summed E-state index contributed by atoms with van der Waals surface area (Å²) in [4.78, 5) is 22.4. The first-order valence-corrected chi connectivity index (χ1v) is 9.45. The molecule has 0 saturated carbocycles. The first-order chi connectivity index (χ1) is 11.8. The molecular weight excluding hydrogens is 348 g/mol. The van der Waals surface area contributed by atoms with Crippen LogP contribution < -0.4 is 11.1 Å². The van der Waals surface area contributed by atoms with Gasteiger partial charge in [-0.05, 0) is 25.3 Å². The number of nitrogens with two attached hydrogens (primary N) is 1. The van der Waals surface area contributed by atoms with Crippen LogP contribution in [0.25, 0.3) is 0 Å². The topological polar surface area (TPSA) is 136 Å². The predicted molar refractivity (Wildman–Crippen MR) is 91.4 cm³/mol. The van der Waals surface area contributed by atoms with E-state index in [0.29, 0.717) is 31.5 Å². The van der Waals surface area contributed by atoms with Gasteiger partial charge in [0.15, 0.2) is 4.90 Å². The molecule has 0 radical (unpaired) electrons. The van der Waals surface area contributed by atoms with Crippen LogP contribution in [-0.2, 0) is 14.8 Å². The SMILES string of the molecule is Cc1cccc([N+](=O)[O-])c1S(=O)(=O)N1CCCC(C(=O)NCCN)C1. The second-order valence-corrected chi connectivity index (χ2v) is 7.84. The van der Waals surface area contributed by atoms with Crippen molar-refractivity contribution in [3.63, 3.8) is 0 Å². The molecule has 0 aliphatic carbocycles. The molecule has 1 aliphatic rings. The molecule has 0 bridgehead atoms. The fourth-order valence-electron chi connectivity index (χ4n) is 2.96. The standard InChI is InChI=1S/C15H22N4O5S/c1-11-4-2-6-13(19(21)22)14(11)25(23,24)18-9-3-5-12(10-18)15(20)17-8-7-16/h2,4,6,12H,3,5,7-10,16H2,1H3,(H,17,20). The number of carbonyl (C=O) groups excluding carboxylic acids is 1. The van der Waals surface area contributed by atoms with Crippen molar-refractivity contribution in [2.24, 2.45) is 11.7 Å². The van der Waals surface area contributed by atoms with Gasteiger partial charge in [0.25, 0.3) is 5.69 Å². The molecule has 1 saturated heterocycles. The summed E-state index contributed by atoms with van der Waals surface area (Å²) >= 11 is 0. The number of nitrogens with one attached hydrogen (secondary N) is 1. The lowest BCUT2D eigenvalue weighted by molar-refractivity contribution is -0.387. The maximum Gasteiger partial charge on any atom is 0.289 e. The molecular formula is C15H22N4O5S. The number of benzene rings is 1. The number of hydrogen-bond acceptors (Lipinski definition) is 6. The largest absolute Gasteiger partial charge is 0.355 e. The third kappa shape index (κ3) is 4.14. The minimum Gasteiger partial charge on any atom is -0.355 e. The van der Waals surface area contributed by atoms with Crippen LogP contribution in [0.4, 0.5) is 5.69 Å². The van der Waals surface area contributed by atoms with E-state index in [-0.39, 0.29) is 23.9 Å². The molecule has 3 N–H and O–H groups in total. The van der Waals surface area contributed by atoms with E-state index in [1.54, 1.807) is 0 Å². The number of carbonyl (C=O) groups is 1. The van der Waals surface area contributed by atoms with Crippen LogP contribution in [-0.4, -0.2) is 49.7 Å². The Morgan fingerprint density at radius 1 is 1.48 bits per heavy atom. The Labute approximate surface area is 146 Å². The van der Waals surface area contributed by atoms with E-state index in [1.165, 1.54) is 29.4 Å². The Morgan fingerprint density at radius 2 is 2.20 bits per heavy atom. The first-order valence-electron chi connectivity index (χ1n) is 8.01. The normalized spacial score (nSPS) is 18.7. The monoisotopic (exact) mass is 370 g/mol. The van der Waals surface area contributed by atoms with Crippen molar-refractivity contribution in [1.82, 2.24) is 9.62 Å². The maximum atomic E-state index is 13.0. The fourth-order valence-corrected chi connectivity index (χ4v) is 4.85. The highest BCUT2D eigenvalue weighted by molar-refractivity contribution is 7.89. The summed E-state index contributed by atoms with van der Waals surface area (Å²) in [5, 5.41) is 13.9. The summed E-state index contributed by atoms with van der Waals surface area (Å²) in [6, 6.07) is 4.15. The molecule has 1 heterocycles. The fraction of sp³-hybridized carbons (Fsp3) is 0.533. The number of sulfonamides is 1. The van der Waals surface area contributed by atoms with E-state index in [4.69, 9.17) is 5.73 Å². The molecule has 1 aromatic carbocycles. The molecule has 2 rings (SSSR count). The van der Waals surface area contributed by atoms with Gasteiger partial charge in [-0.2, -0.15) is 4.31 Å². The molecule has 1 atom stereocenters. The van der Waals surface area contributed by atoms with Crippen LogP contribution in [0, 0.1) is 23.0 Å². The quantitative estimate of drug-likeness (QED) is 0.549. The van der Waals surface area contributed by atoms with E-state index in [9.17, 15) is 23.3 Å². The summed E-state index contributed by atoms with van der Waals surface area (Å²) in [6.07, 6.45) is 1.08. The molecule has 9 nitrogen and oxygen atoms in total. The van der Waals surface area contributed by atoms with E-state index < -0.39 is 26.6 Å². The molecule has 10 heteroatoms. The van der Waals surface area contributed by atoms with Crippen LogP contribution in [0.1, 0.15) is 18.4 Å². The highest BCUT2D eigenvalue weighted by atomic mass is 32.2. The van der Waals surface area contributed by atoms with Crippen LogP contribution in [0.3, 0.4) is 0 Å². The maximum absolute atomic E-state index is 13.0. The van der Waals surface area contributed by atoms with Gasteiger partial charge in [-0.1, -0.05) is 12.1 Å². The second-order valence-electron chi connectivity index (χ2n) is 5.96. The van der Waals surface area contributed by atoms with Crippen molar-refractivity contribution < 1.29 is 18.1 Å². The number of amides is 1. The minimum absolute atomic E-state index is 0.00419. The highest BCUT2D eigenvalue weighted by Crippen LogP contribution is 2.32. The first kappa shape index (κ1) is 19.3. The number of nitro benzene ring substituents is 1. The molecule has 1 unspecified atom stereocenters. The number of piperidine rings is 1. The average molecular weight is 370 g/mol. The van der Waals surface area contributed by atoms with Gasteiger partial charge < -0.3 is 11.1 Å². The zero-order valence-electron chi connectivity index (χ0n) is 14.0. The lowest BCUT2D eigenvalue weighted by atomic mass is 9.99. The van der Waals surface area contributed by atoms with Gasteiger partial charge in [0.1, 0.15) is 0 Å². The minimum atomic E-state index is -4.07. The van der Waals surface area contributed by atoms with Gasteiger partial charge in [-0.15, -0.1) is 0 Å². The Morgan fingerprint density at radius 3 is 2.84 bits per heavy atom. The summed E-state index contributed by atoms with van der Waals surface area (Å²) < 4.78 is 27.1. The summed E-state index contributed by atoms with van der Waals surface area (Å²) in [5.41, 5.74) is 5.22. The molecule has 1 aliphatic heterocycles. The smallest absolute Gasteiger partial charge is 0.289 e. The lowest BCUT2D eigenvalue weighted by Gasteiger charge is -2.31. The van der Waals surface area contributed by atoms with Crippen molar-refractivity contribution in [3.8, 4) is 0 Å². The zero-order valence-corrected chi connectivity index (χ0v) is 14.8. The summed E-state index contributed by atoms with van der Waals surface area (Å²) in [7, 11) is -4.07. The van der Waals surface area contributed by atoms with Gasteiger partial charge in [-0.3, -0.25) is 14.9 Å². The van der Waals surface area contributed by atoms with Crippen LogP contribution in [0.2, 0.25) is 0 Å². The molecule has 138 valence electrons. The molecule has 25 heavy (non-hydrogen) atoms. The van der Waals surface area contributed by atoms with Crippen molar-refractivity contribution in [2.75, 3.05) is 26.2 Å². The van der Waals surface area contributed by atoms with E-state index >= 15 is 0 Å². The predicted octanol–water partition coefficient (Wildman–Crippen LogP) is 0.379. The number of rotatable bonds is 6. The van der Waals surface area contributed by atoms with Gasteiger partial charge in [0.05, 0.1) is 10.8 Å². The highest BCUT2D eigenvalue weighted by Gasteiger charge is 2.37. The van der Waals surface area contributed by atoms with Crippen molar-refractivity contribution in [1.29, 1.82) is 0 Å². The van der Waals surface area contributed by atoms with E-state index in [1.807, 2.05) is 0 Å². The number of hydrogen-bond donors (Lipinski definition) is 2. The third-order valence-electron chi connectivity index (χ3n) is 4.18. The van der Waals surface area contributed by atoms with Crippen LogP contribution in [0.15, 0.2) is 23.1 Å². The van der Waals surface area contributed by atoms with Crippen molar-refractivity contribution in [3.05, 3.63) is 33.9 Å². The Balaban J connectivity index is 2.31. The third-order valence-corrected chi connectivity index (χ3v) is 6.24. The Kier molecular flexibility index (Phi) is 6.09. The molecule has 1 amide bonds. The molecule has 0 spiro atoms.